The molecular weight excluding hydrogens is 238 g/mol. The van der Waals surface area contributed by atoms with E-state index in [-0.39, 0.29) is 6.10 Å². The fourth-order valence-electron chi connectivity index (χ4n) is 1.83. The van der Waals surface area contributed by atoms with Crippen LogP contribution >= 0.6 is 0 Å². The molecule has 0 aromatic carbocycles. The second-order valence-electron chi connectivity index (χ2n) is 4.75. The first-order chi connectivity index (χ1) is 9.19. The average Bonchev–Trinajstić information content (AvgIpc) is 2.90. The normalized spacial score (nSPS) is 15.3. The Morgan fingerprint density at radius 3 is 2.79 bits per heavy atom. The van der Waals surface area contributed by atoms with E-state index >= 15 is 0 Å². The summed E-state index contributed by atoms with van der Waals surface area (Å²) in [4.78, 5) is 10.9. The molecule has 0 unspecified atom stereocenters. The van der Waals surface area contributed by atoms with Crippen LogP contribution in [0.5, 0.6) is 5.88 Å². The van der Waals surface area contributed by atoms with Crippen LogP contribution in [0.25, 0.3) is 0 Å². The number of hydrogen-bond donors (Lipinski definition) is 0. The van der Waals surface area contributed by atoms with Gasteiger partial charge in [-0.25, -0.2) is 9.98 Å². The van der Waals surface area contributed by atoms with Crippen molar-refractivity contribution < 1.29 is 4.74 Å². The topological polar surface area (TPSA) is 37.7 Å². The van der Waals surface area contributed by atoms with E-state index < -0.39 is 0 Å². The lowest BCUT2D eigenvalue weighted by Crippen LogP contribution is -2.14. The van der Waals surface area contributed by atoms with Gasteiger partial charge in [0.25, 0.3) is 0 Å². The van der Waals surface area contributed by atoms with Crippen LogP contribution in [0.3, 0.4) is 0 Å². The first-order valence-electron chi connectivity index (χ1n) is 6.72. The summed E-state index contributed by atoms with van der Waals surface area (Å²) in [6.07, 6.45) is 8.32. The van der Waals surface area contributed by atoms with Gasteiger partial charge in [0, 0.05) is 32.5 Å². The molecule has 19 heavy (non-hydrogen) atoms. The van der Waals surface area contributed by atoms with Crippen molar-refractivity contribution in [1.82, 2.24) is 9.88 Å². The Labute approximate surface area is 114 Å². The third-order valence-corrected chi connectivity index (χ3v) is 3.18. The van der Waals surface area contributed by atoms with E-state index in [0.717, 1.165) is 30.8 Å². The lowest BCUT2D eigenvalue weighted by molar-refractivity contribution is 0.207. The van der Waals surface area contributed by atoms with Crippen molar-refractivity contribution in [1.29, 1.82) is 0 Å². The van der Waals surface area contributed by atoms with Gasteiger partial charge in [0.05, 0.1) is 17.7 Å². The van der Waals surface area contributed by atoms with Crippen LogP contribution < -0.4 is 4.74 Å². The summed E-state index contributed by atoms with van der Waals surface area (Å²) >= 11 is 0. The molecule has 1 heterocycles. The van der Waals surface area contributed by atoms with Gasteiger partial charge >= 0.3 is 0 Å². The fourth-order valence-corrected chi connectivity index (χ4v) is 1.83. The van der Waals surface area contributed by atoms with Crippen molar-refractivity contribution in [2.24, 2.45) is 4.99 Å². The van der Waals surface area contributed by atoms with Crippen LogP contribution in [0.2, 0.25) is 0 Å². The maximum Gasteiger partial charge on any atom is 0.213 e. The summed E-state index contributed by atoms with van der Waals surface area (Å²) in [5.41, 5.74) is 1.78. The summed E-state index contributed by atoms with van der Waals surface area (Å²) in [5, 5.41) is 0. The molecule has 1 aliphatic carbocycles. The van der Waals surface area contributed by atoms with Crippen LogP contribution in [-0.4, -0.2) is 35.9 Å². The van der Waals surface area contributed by atoms with Crippen LogP contribution in [-0.2, 0) is 0 Å². The minimum atomic E-state index is 0.243. The molecule has 1 aliphatic rings. The Hall–Kier alpha value is -1.84. The smallest absolute Gasteiger partial charge is 0.213 e. The number of rotatable bonds is 5. The van der Waals surface area contributed by atoms with Crippen LogP contribution in [0.1, 0.15) is 25.5 Å². The molecule has 1 aromatic rings. The van der Waals surface area contributed by atoms with Crippen molar-refractivity contribution in [2.75, 3.05) is 13.6 Å². The highest BCUT2D eigenvalue weighted by atomic mass is 16.5. The van der Waals surface area contributed by atoms with Gasteiger partial charge in [-0.15, -0.1) is 0 Å². The molecule has 0 amide bonds. The quantitative estimate of drug-likeness (QED) is 0.463. The number of hydrogen-bond acceptors (Lipinski definition) is 3. The molecule has 2 rings (SSSR count). The Bertz CT molecular complexity index is 474. The molecule has 0 aliphatic heterocycles. The number of aryl methyl sites for hydroxylation is 1. The van der Waals surface area contributed by atoms with Crippen molar-refractivity contribution in [3.8, 4) is 5.88 Å². The van der Waals surface area contributed by atoms with Crippen LogP contribution in [0, 0.1) is 6.92 Å². The minimum Gasteiger partial charge on any atom is -0.474 e. The van der Waals surface area contributed by atoms with Crippen molar-refractivity contribution in [2.45, 2.75) is 32.8 Å². The minimum absolute atomic E-state index is 0.243. The number of aromatic nitrogens is 1. The predicted molar refractivity (Wildman–Crippen MR) is 78.2 cm³/mol. The van der Waals surface area contributed by atoms with Gasteiger partial charge in [-0.1, -0.05) is 12.2 Å². The Morgan fingerprint density at radius 1 is 1.42 bits per heavy atom. The molecule has 0 atom stereocenters. The maximum atomic E-state index is 5.82. The Kier molecular flexibility index (Phi) is 4.55. The maximum absolute atomic E-state index is 5.82. The highest BCUT2D eigenvalue weighted by molar-refractivity contribution is 5.62. The van der Waals surface area contributed by atoms with Gasteiger partial charge in [0.2, 0.25) is 5.88 Å². The Morgan fingerprint density at radius 2 is 2.16 bits per heavy atom. The lowest BCUT2D eigenvalue weighted by atomic mass is 10.3. The zero-order chi connectivity index (χ0) is 13.7. The highest BCUT2D eigenvalue weighted by Gasteiger charge is 2.12. The number of pyridine rings is 1. The second-order valence-corrected chi connectivity index (χ2v) is 4.75. The summed E-state index contributed by atoms with van der Waals surface area (Å²) < 4.78 is 5.82. The summed E-state index contributed by atoms with van der Waals surface area (Å²) in [6, 6.07) is 3.85. The second kappa shape index (κ2) is 6.36. The van der Waals surface area contributed by atoms with Crippen LogP contribution in [0.4, 0.5) is 5.69 Å². The van der Waals surface area contributed by atoms with E-state index in [1.165, 1.54) is 0 Å². The zero-order valence-electron chi connectivity index (χ0n) is 11.8. The molecule has 0 spiro atoms. The van der Waals surface area contributed by atoms with Gasteiger partial charge < -0.3 is 9.64 Å². The number of ether oxygens (including phenoxy) is 1. The van der Waals surface area contributed by atoms with E-state index in [9.17, 15) is 0 Å². The molecule has 0 radical (unpaired) electrons. The summed E-state index contributed by atoms with van der Waals surface area (Å²) in [7, 11) is 2.00. The molecule has 0 saturated carbocycles. The van der Waals surface area contributed by atoms with E-state index in [2.05, 4.69) is 29.1 Å². The third kappa shape index (κ3) is 3.81. The van der Waals surface area contributed by atoms with Gasteiger partial charge in [-0.3, -0.25) is 0 Å². The first kappa shape index (κ1) is 13.6. The van der Waals surface area contributed by atoms with Crippen molar-refractivity contribution in [3.05, 3.63) is 30.0 Å². The number of nitrogens with zero attached hydrogens (tertiary/aromatic N) is 3. The molecule has 1 aromatic heterocycles. The molecule has 0 saturated heterocycles. The van der Waals surface area contributed by atoms with Gasteiger partial charge in [0.15, 0.2) is 0 Å². The monoisotopic (exact) mass is 259 g/mol. The Balaban J connectivity index is 2.02. The van der Waals surface area contributed by atoms with Gasteiger partial charge in [-0.05, 0) is 19.9 Å². The average molecular weight is 259 g/mol. The van der Waals surface area contributed by atoms with Crippen LogP contribution in [0.15, 0.2) is 29.3 Å². The molecule has 0 N–H and O–H groups in total. The first-order valence-corrected chi connectivity index (χ1v) is 6.72. The predicted octanol–water partition coefficient (Wildman–Crippen LogP) is 3.10. The molecule has 0 fully saturated rings. The zero-order valence-corrected chi connectivity index (χ0v) is 11.8. The molecule has 102 valence electrons. The fraction of sp³-hybridized carbons (Fsp3) is 0.467. The largest absolute Gasteiger partial charge is 0.474 e. The standard InChI is InChI=1S/C15H21N3O/c1-4-18(3)11-16-14-9-10-15(17-12(14)2)19-13-7-5-6-8-13/h5-6,9-11,13H,4,7-8H2,1-3H3/b16-11+. The third-order valence-electron chi connectivity index (χ3n) is 3.18. The summed E-state index contributed by atoms with van der Waals surface area (Å²) in [5.74, 6) is 0.689. The van der Waals surface area contributed by atoms with E-state index in [1.807, 2.05) is 37.3 Å². The van der Waals surface area contributed by atoms with E-state index in [1.54, 1.807) is 0 Å². The SMILES string of the molecule is CCN(C)/C=N/c1ccc(OC2CC=CC2)nc1C. The van der Waals surface area contributed by atoms with Gasteiger partial charge in [0.1, 0.15) is 6.10 Å². The molecule has 4 nitrogen and oxygen atoms in total. The lowest BCUT2D eigenvalue weighted by Gasteiger charge is -2.13. The number of aliphatic imine (C=N–C) groups is 1. The van der Waals surface area contributed by atoms with E-state index in [0.29, 0.717) is 5.88 Å². The molecular formula is C15H21N3O. The molecule has 4 heteroatoms. The highest BCUT2D eigenvalue weighted by Crippen LogP contribution is 2.22. The van der Waals surface area contributed by atoms with Crippen molar-refractivity contribution >= 4 is 12.0 Å². The van der Waals surface area contributed by atoms with E-state index in [4.69, 9.17) is 4.74 Å². The summed E-state index contributed by atoms with van der Waals surface area (Å²) in [6.45, 7) is 4.98. The molecule has 0 bridgehead atoms. The van der Waals surface area contributed by atoms with Crippen molar-refractivity contribution in [3.63, 3.8) is 0 Å². The van der Waals surface area contributed by atoms with Gasteiger partial charge in [-0.2, -0.15) is 0 Å².